The molecule has 3 aromatic rings. The van der Waals surface area contributed by atoms with E-state index in [4.69, 9.17) is 9.47 Å². The van der Waals surface area contributed by atoms with E-state index in [0.29, 0.717) is 31.9 Å². The standard InChI is InChI=1S/C29H28F4N4O4/c1-40-19-7-3-6-18(16-19)35-12-14-36(15-13-35)28-34-26-20(8-4-10-22(26)30)24(17-25(38)39)37(28)23-11-5-9-21(27(23)41-2)29(31,32)33/h3-11,16,24H,12-15,17H2,1-2H3,(H,38,39). The largest absolute Gasteiger partial charge is 0.497 e. The van der Waals surface area contributed by atoms with E-state index >= 15 is 4.39 Å². The molecule has 1 atom stereocenters. The predicted molar refractivity (Wildman–Crippen MR) is 146 cm³/mol. The molecule has 5 rings (SSSR count). The van der Waals surface area contributed by atoms with Crippen LogP contribution < -0.4 is 19.3 Å². The van der Waals surface area contributed by atoms with Crippen LogP contribution in [0.1, 0.15) is 23.6 Å². The summed E-state index contributed by atoms with van der Waals surface area (Å²) in [7, 11) is 2.71. The van der Waals surface area contributed by atoms with Gasteiger partial charge in [0.2, 0.25) is 5.96 Å². The summed E-state index contributed by atoms with van der Waals surface area (Å²) in [6.07, 6.45) is -5.25. The number of para-hydroxylation sites is 2. The highest BCUT2D eigenvalue weighted by molar-refractivity contribution is 6.02. The van der Waals surface area contributed by atoms with Gasteiger partial charge in [0.1, 0.15) is 17.3 Å². The molecule has 2 aliphatic rings. The number of guanidine groups is 1. The van der Waals surface area contributed by atoms with Crippen molar-refractivity contribution in [1.29, 1.82) is 0 Å². The van der Waals surface area contributed by atoms with Crippen LogP contribution in [-0.2, 0) is 11.0 Å². The van der Waals surface area contributed by atoms with Gasteiger partial charge in [-0.25, -0.2) is 9.38 Å². The number of methoxy groups -OCH3 is 2. The summed E-state index contributed by atoms with van der Waals surface area (Å²) < 4.78 is 67.7. The second-order valence-electron chi connectivity index (χ2n) is 9.60. The van der Waals surface area contributed by atoms with E-state index in [0.717, 1.165) is 18.9 Å². The molecule has 1 N–H and O–H groups in total. The Hall–Kier alpha value is -4.48. The molecule has 1 fully saturated rings. The SMILES string of the molecule is COc1cccc(N2CCN(C3=Nc4c(F)cccc4C(CC(=O)O)N3c3cccc(C(F)(F)F)c3OC)CC2)c1. The molecule has 0 radical (unpaired) electrons. The molecule has 216 valence electrons. The number of benzene rings is 3. The van der Waals surface area contributed by atoms with Crippen molar-refractivity contribution in [2.75, 3.05) is 50.2 Å². The number of carbonyl (C=O) groups is 1. The van der Waals surface area contributed by atoms with Crippen LogP contribution in [-0.4, -0.2) is 62.3 Å². The Morgan fingerprint density at radius 2 is 1.66 bits per heavy atom. The zero-order valence-electron chi connectivity index (χ0n) is 22.4. The summed E-state index contributed by atoms with van der Waals surface area (Å²) in [6.45, 7) is 1.82. The summed E-state index contributed by atoms with van der Waals surface area (Å²) in [4.78, 5) is 22.0. The summed E-state index contributed by atoms with van der Waals surface area (Å²) in [5.74, 6) is -1.48. The molecule has 1 unspecified atom stereocenters. The normalized spacial score (nSPS) is 17.2. The molecule has 2 heterocycles. The van der Waals surface area contributed by atoms with Crippen LogP contribution in [0.5, 0.6) is 11.5 Å². The summed E-state index contributed by atoms with van der Waals surface area (Å²) in [6, 6.07) is 14.3. The number of hydrogen-bond acceptors (Lipinski definition) is 7. The molecule has 0 bridgehead atoms. The average molecular weight is 573 g/mol. The Labute approximate surface area is 234 Å². The van der Waals surface area contributed by atoms with Crippen molar-refractivity contribution >= 4 is 29.0 Å². The number of rotatable bonds is 6. The van der Waals surface area contributed by atoms with Gasteiger partial charge >= 0.3 is 12.1 Å². The fourth-order valence-electron chi connectivity index (χ4n) is 5.34. The summed E-state index contributed by atoms with van der Waals surface area (Å²) >= 11 is 0. The minimum absolute atomic E-state index is 0.0162. The number of aliphatic imine (C=N–C) groups is 1. The van der Waals surface area contributed by atoms with Gasteiger partial charge in [-0.15, -0.1) is 0 Å². The van der Waals surface area contributed by atoms with Gasteiger partial charge in [-0.05, 0) is 30.3 Å². The highest BCUT2D eigenvalue weighted by Crippen LogP contribution is 2.48. The Morgan fingerprint density at radius 1 is 0.976 bits per heavy atom. The maximum Gasteiger partial charge on any atom is 0.420 e. The maximum atomic E-state index is 15.1. The number of carboxylic acid groups (broad SMARTS) is 1. The van der Waals surface area contributed by atoms with E-state index in [1.165, 1.54) is 29.2 Å². The molecule has 8 nitrogen and oxygen atoms in total. The number of aliphatic carboxylic acids is 1. The van der Waals surface area contributed by atoms with E-state index in [1.54, 1.807) is 13.2 Å². The van der Waals surface area contributed by atoms with Crippen LogP contribution in [0.2, 0.25) is 0 Å². The van der Waals surface area contributed by atoms with Crippen LogP contribution in [0.3, 0.4) is 0 Å². The lowest BCUT2D eigenvalue weighted by atomic mass is 9.96. The Bertz CT molecular complexity index is 1470. The van der Waals surface area contributed by atoms with Gasteiger partial charge in [0, 0.05) is 43.5 Å². The van der Waals surface area contributed by atoms with Crippen LogP contribution in [0.4, 0.5) is 34.6 Å². The average Bonchev–Trinajstić information content (AvgIpc) is 2.96. The molecule has 2 aliphatic heterocycles. The number of piperazine rings is 1. The first kappa shape index (κ1) is 28.1. The van der Waals surface area contributed by atoms with Crippen molar-refractivity contribution in [3.05, 3.63) is 77.6 Å². The van der Waals surface area contributed by atoms with Crippen molar-refractivity contribution < 1.29 is 36.9 Å². The molecule has 0 aromatic heterocycles. The minimum atomic E-state index is -4.73. The molecule has 0 saturated carbocycles. The molecular weight excluding hydrogens is 544 g/mol. The lowest BCUT2D eigenvalue weighted by Crippen LogP contribution is -2.55. The Morgan fingerprint density at radius 3 is 2.32 bits per heavy atom. The first-order valence-electron chi connectivity index (χ1n) is 12.9. The first-order chi connectivity index (χ1) is 19.6. The van der Waals surface area contributed by atoms with Crippen molar-refractivity contribution in [2.24, 2.45) is 4.99 Å². The van der Waals surface area contributed by atoms with Gasteiger partial charge in [-0.2, -0.15) is 13.2 Å². The fraction of sp³-hybridized carbons (Fsp3) is 0.310. The van der Waals surface area contributed by atoms with E-state index in [1.807, 2.05) is 29.2 Å². The Balaban J connectivity index is 1.61. The first-order valence-corrected chi connectivity index (χ1v) is 12.9. The lowest BCUT2D eigenvalue weighted by molar-refractivity contribution is -0.139. The number of anilines is 2. The van der Waals surface area contributed by atoms with Crippen LogP contribution in [0, 0.1) is 5.82 Å². The summed E-state index contributed by atoms with van der Waals surface area (Å²) in [5.41, 5.74) is 0.124. The van der Waals surface area contributed by atoms with Crippen LogP contribution in [0.15, 0.2) is 65.7 Å². The van der Waals surface area contributed by atoms with Gasteiger partial charge in [0.25, 0.3) is 0 Å². The number of ether oxygens (including phenoxy) is 2. The number of carboxylic acids is 1. The molecule has 41 heavy (non-hydrogen) atoms. The van der Waals surface area contributed by atoms with Crippen molar-refractivity contribution in [3.8, 4) is 11.5 Å². The highest BCUT2D eigenvalue weighted by atomic mass is 19.4. The molecule has 0 aliphatic carbocycles. The van der Waals surface area contributed by atoms with Gasteiger partial charge in [0.15, 0.2) is 5.75 Å². The second kappa shape index (κ2) is 11.2. The highest BCUT2D eigenvalue weighted by Gasteiger charge is 2.41. The van der Waals surface area contributed by atoms with Crippen LogP contribution in [0.25, 0.3) is 0 Å². The number of fused-ring (bicyclic) bond motifs is 1. The third-order valence-electron chi connectivity index (χ3n) is 7.23. The lowest BCUT2D eigenvalue weighted by Gasteiger charge is -2.45. The van der Waals surface area contributed by atoms with Crippen molar-refractivity contribution in [3.63, 3.8) is 0 Å². The third-order valence-corrected chi connectivity index (χ3v) is 7.23. The smallest absolute Gasteiger partial charge is 0.420 e. The minimum Gasteiger partial charge on any atom is -0.497 e. The number of halogens is 4. The molecule has 0 amide bonds. The van der Waals surface area contributed by atoms with Gasteiger partial charge in [-0.3, -0.25) is 4.79 Å². The van der Waals surface area contributed by atoms with E-state index in [-0.39, 0.29) is 22.9 Å². The van der Waals surface area contributed by atoms with Gasteiger partial charge in [-0.1, -0.05) is 24.3 Å². The van der Waals surface area contributed by atoms with E-state index in [2.05, 4.69) is 9.89 Å². The number of alkyl halides is 3. The van der Waals surface area contributed by atoms with Gasteiger partial charge < -0.3 is 29.3 Å². The van der Waals surface area contributed by atoms with Crippen molar-refractivity contribution in [1.82, 2.24) is 4.90 Å². The quantitative estimate of drug-likeness (QED) is 0.380. The molecule has 12 heteroatoms. The second-order valence-corrected chi connectivity index (χ2v) is 9.60. The molecular formula is C29H28F4N4O4. The number of nitrogens with zero attached hydrogens (tertiary/aromatic N) is 4. The molecule has 0 spiro atoms. The zero-order chi connectivity index (χ0) is 29.3. The topological polar surface area (TPSA) is 77.8 Å². The van der Waals surface area contributed by atoms with Crippen molar-refractivity contribution in [2.45, 2.75) is 18.6 Å². The fourth-order valence-corrected chi connectivity index (χ4v) is 5.34. The molecule has 1 saturated heterocycles. The maximum absolute atomic E-state index is 15.1. The third kappa shape index (κ3) is 5.46. The van der Waals surface area contributed by atoms with E-state index < -0.39 is 41.7 Å². The van der Waals surface area contributed by atoms with Crippen LogP contribution >= 0.6 is 0 Å². The van der Waals surface area contributed by atoms with Gasteiger partial charge in [0.05, 0.1) is 37.9 Å². The van der Waals surface area contributed by atoms with E-state index in [9.17, 15) is 23.1 Å². The summed E-state index contributed by atoms with van der Waals surface area (Å²) in [5, 5.41) is 9.83. The Kier molecular flexibility index (Phi) is 7.65. The monoisotopic (exact) mass is 572 g/mol. The zero-order valence-corrected chi connectivity index (χ0v) is 22.4. The predicted octanol–water partition coefficient (Wildman–Crippen LogP) is 5.71. The number of hydrogen-bond donors (Lipinski definition) is 1. The molecule has 3 aromatic carbocycles.